The van der Waals surface area contributed by atoms with Gasteiger partial charge in [-0.25, -0.2) is 8.42 Å². The fourth-order valence-corrected chi connectivity index (χ4v) is 3.83. The summed E-state index contributed by atoms with van der Waals surface area (Å²) in [4.78, 5) is 21.3. The summed E-state index contributed by atoms with van der Waals surface area (Å²) in [6, 6.07) is 9.39. The van der Waals surface area contributed by atoms with Gasteiger partial charge < -0.3 is 9.84 Å². The molecule has 0 aliphatic rings. The van der Waals surface area contributed by atoms with E-state index in [1.54, 1.807) is 13.0 Å². The first-order chi connectivity index (χ1) is 12.7. The average molecular weight is 394 g/mol. The van der Waals surface area contributed by atoms with E-state index in [1.165, 1.54) is 37.3 Å². The Hall–Kier alpha value is -3.14. The molecular formula is C17H18N2O7S. The van der Waals surface area contributed by atoms with E-state index in [1.807, 2.05) is 0 Å². The van der Waals surface area contributed by atoms with Crippen LogP contribution in [0.2, 0.25) is 0 Å². The number of sulfonamides is 1. The van der Waals surface area contributed by atoms with Crippen LogP contribution in [0.4, 0.5) is 11.4 Å². The number of rotatable bonds is 8. The Balaban J connectivity index is 2.59. The zero-order valence-corrected chi connectivity index (χ0v) is 15.5. The standard InChI is InChI=1S/C17H18N2O7S/c1-3-26-14-6-4-5-13(9-14)18(11-17(20)21)27(24,25)15-8-7-12(2)16(10-15)19(22)23/h4-10H,3,11H2,1-2H3,(H,20,21). The first-order valence-electron chi connectivity index (χ1n) is 7.89. The van der Waals surface area contributed by atoms with Crippen LogP contribution in [-0.4, -0.2) is 37.6 Å². The van der Waals surface area contributed by atoms with Gasteiger partial charge in [0.1, 0.15) is 12.3 Å². The summed E-state index contributed by atoms with van der Waals surface area (Å²) in [7, 11) is -4.36. The molecule has 0 saturated heterocycles. The van der Waals surface area contributed by atoms with Crippen LogP contribution in [0.15, 0.2) is 47.4 Å². The molecule has 0 heterocycles. The predicted octanol–water partition coefficient (Wildman–Crippen LogP) is 2.58. The van der Waals surface area contributed by atoms with Crippen LogP contribution in [0.25, 0.3) is 0 Å². The molecule has 1 N–H and O–H groups in total. The smallest absolute Gasteiger partial charge is 0.324 e. The van der Waals surface area contributed by atoms with Crippen molar-refractivity contribution in [3.63, 3.8) is 0 Å². The summed E-state index contributed by atoms with van der Waals surface area (Å²) in [5.74, 6) is -1.00. The Labute approximate surface area is 156 Å². The van der Waals surface area contributed by atoms with Gasteiger partial charge in [-0.05, 0) is 32.0 Å². The first kappa shape index (κ1) is 20.2. The van der Waals surface area contributed by atoms with Crippen molar-refractivity contribution in [3.8, 4) is 5.75 Å². The lowest BCUT2D eigenvalue weighted by Gasteiger charge is -2.23. The van der Waals surface area contributed by atoms with Crippen molar-refractivity contribution >= 4 is 27.4 Å². The van der Waals surface area contributed by atoms with Gasteiger partial charge in [0.05, 0.1) is 22.1 Å². The third kappa shape index (κ3) is 4.53. The van der Waals surface area contributed by atoms with E-state index in [-0.39, 0.29) is 16.3 Å². The van der Waals surface area contributed by atoms with E-state index in [9.17, 15) is 23.3 Å². The maximum absolute atomic E-state index is 13.0. The maximum Gasteiger partial charge on any atom is 0.324 e. The van der Waals surface area contributed by atoms with Gasteiger partial charge in [0.15, 0.2) is 0 Å². The van der Waals surface area contributed by atoms with Crippen LogP contribution >= 0.6 is 0 Å². The molecule has 9 nitrogen and oxygen atoms in total. The summed E-state index contributed by atoms with van der Waals surface area (Å²) >= 11 is 0. The van der Waals surface area contributed by atoms with Crippen molar-refractivity contribution in [2.75, 3.05) is 17.5 Å². The van der Waals surface area contributed by atoms with Crippen molar-refractivity contribution in [2.24, 2.45) is 0 Å². The van der Waals surface area contributed by atoms with Gasteiger partial charge >= 0.3 is 5.97 Å². The highest BCUT2D eigenvalue weighted by Gasteiger charge is 2.29. The Morgan fingerprint density at radius 2 is 1.96 bits per heavy atom. The molecule has 0 amide bonds. The highest BCUT2D eigenvalue weighted by molar-refractivity contribution is 7.92. The quantitative estimate of drug-likeness (QED) is 0.538. The molecule has 0 saturated carbocycles. The Morgan fingerprint density at radius 1 is 1.26 bits per heavy atom. The third-order valence-corrected chi connectivity index (χ3v) is 5.43. The number of hydrogen-bond acceptors (Lipinski definition) is 6. The number of aryl methyl sites for hydroxylation is 1. The molecule has 0 aromatic heterocycles. The molecule has 0 bridgehead atoms. The van der Waals surface area contributed by atoms with Gasteiger partial charge in [0.2, 0.25) is 0 Å². The number of nitro groups is 1. The number of hydrogen-bond donors (Lipinski definition) is 1. The van der Waals surface area contributed by atoms with E-state index in [4.69, 9.17) is 9.84 Å². The van der Waals surface area contributed by atoms with Crippen LogP contribution < -0.4 is 9.04 Å². The minimum Gasteiger partial charge on any atom is -0.494 e. The molecule has 2 aromatic carbocycles. The van der Waals surface area contributed by atoms with Gasteiger partial charge in [-0.15, -0.1) is 0 Å². The Bertz CT molecular complexity index is 973. The fourth-order valence-electron chi connectivity index (χ4n) is 2.41. The van der Waals surface area contributed by atoms with Crippen LogP contribution in [-0.2, 0) is 14.8 Å². The van der Waals surface area contributed by atoms with Crippen LogP contribution in [0, 0.1) is 17.0 Å². The highest BCUT2D eigenvalue weighted by atomic mass is 32.2. The SMILES string of the molecule is CCOc1cccc(N(CC(=O)O)S(=O)(=O)c2ccc(C)c([N+](=O)[O-])c2)c1. The lowest BCUT2D eigenvalue weighted by Crippen LogP contribution is -2.35. The lowest BCUT2D eigenvalue weighted by atomic mass is 10.2. The van der Waals surface area contributed by atoms with E-state index in [0.717, 1.165) is 6.07 Å². The topological polar surface area (TPSA) is 127 Å². The number of aliphatic carboxylic acids is 1. The van der Waals surface area contributed by atoms with Crippen molar-refractivity contribution in [2.45, 2.75) is 18.7 Å². The molecular weight excluding hydrogens is 376 g/mol. The highest BCUT2D eigenvalue weighted by Crippen LogP contribution is 2.29. The van der Waals surface area contributed by atoms with Crippen LogP contribution in [0.3, 0.4) is 0 Å². The molecule has 2 rings (SSSR count). The molecule has 0 fully saturated rings. The average Bonchev–Trinajstić information content (AvgIpc) is 2.60. The second-order valence-electron chi connectivity index (χ2n) is 5.54. The largest absolute Gasteiger partial charge is 0.494 e. The summed E-state index contributed by atoms with van der Waals surface area (Å²) < 4.78 is 32.0. The number of carboxylic acid groups (broad SMARTS) is 1. The molecule has 0 radical (unpaired) electrons. The second-order valence-corrected chi connectivity index (χ2v) is 7.40. The molecule has 2 aromatic rings. The summed E-state index contributed by atoms with van der Waals surface area (Å²) in [5, 5.41) is 20.3. The van der Waals surface area contributed by atoms with E-state index in [2.05, 4.69) is 0 Å². The summed E-state index contributed by atoms with van der Waals surface area (Å²) in [6.07, 6.45) is 0. The molecule has 0 atom stereocenters. The van der Waals surface area contributed by atoms with E-state index in [0.29, 0.717) is 22.2 Å². The molecule has 27 heavy (non-hydrogen) atoms. The monoisotopic (exact) mass is 394 g/mol. The number of ether oxygens (including phenoxy) is 1. The minimum absolute atomic E-state index is 0.0755. The Morgan fingerprint density at radius 3 is 2.56 bits per heavy atom. The zero-order valence-electron chi connectivity index (χ0n) is 14.7. The number of anilines is 1. The van der Waals surface area contributed by atoms with Crippen molar-refractivity contribution in [1.29, 1.82) is 0 Å². The van der Waals surface area contributed by atoms with Crippen molar-refractivity contribution in [3.05, 3.63) is 58.1 Å². The van der Waals surface area contributed by atoms with Gasteiger partial charge in [0, 0.05) is 17.7 Å². The van der Waals surface area contributed by atoms with Crippen LogP contribution in [0.1, 0.15) is 12.5 Å². The fraction of sp³-hybridized carbons (Fsp3) is 0.235. The number of carboxylic acids is 1. The van der Waals surface area contributed by atoms with Gasteiger partial charge in [-0.3, -0.25) is 19.2 Å². The minimum atomic E-state index is -4.36. The number of benzene rings is 2. The first-order valence-corrected chi connectivity index (χ1v) is 9.33. The predicted molar refractivity (Wildman–Crippen MR) is 97.6 cm³/mol. The molecule has 0 unspecified atom stereocenters. The van der Waals surface area contributed by atoms with Gasteiger partial charge in [-0.1, -0.05) is 12.1 Å². The van der Waals surface area contributed by atoms with Crippen molar-refractivity contribution in [1.82, 2.24) is 0 Å². The maximum atomic E-state index is 13.0. The van der Waals surface area contributed by atoms with Gasteiger partial charge in [0.25, 0.3) is 15.7 Å². The van der Waals surface area contributed by atoms with E-state index < -0.39 is 27.5 Å². The van der Waals surface area contributed by atoms with E-state index >= 15 is 0 Å². The number of carbonyl (C=O) groups is 1. The summed E-state index contributed by atoms with van der Waals surface area (Å²) in [5.41, 5.74) is 0.00285. The molecule has 144 valence electrons. The summed E-state index contributed by atoms with van der Waals surface area (Å²) in [6.45, 7) is 2.73. The molecule has 0 aliphatic carbocycles. The van der Waals surface area contributed by atoms with Crippen LogP contribution in [0.5, 0.6) is 5.75 Å². The third-order valence-electron chi connectivity index (χ3n) is 3.66. The lowest BCUT2D eigenvalue weighted by molar-refractivity contribution is -0.385. The number of nitrogens with zero attached hydrogens (tertiary/aromatic N) is 2. The molecule has 0 spiro atoms. The molecule has 0 aliphatic heterocycles. The van der Waals surface area contributed by atoms with Gasteiger partial charge in [-0.2, -0.15) is 0 Å². The number of nitro benzene ring substituents is 1. The molecule has 10 heteroatoms. The Kier molecular flexibility index (Phi) is 6.01. The van der Waals surface area contributed by atoms with Crippen molar-refractivity contribution < 1.29 is 28.0 Å². The normalized spacial score (nSPS) is 11.0. The zero-order chi connectivity index (χ0) is 20.2. The second kappa shape index (κ2) is 8.04.